The molecule has 0 N–H and O–H groups in total. The molecule has 0 atom stereocenters. The summed E-state index contributed by atoms with van der Waals surface area (Å²) in [6.07, 6.45) is 0.286. The van der Waals surface area contributed by atoms with Gasteiger partial charge in [0.05, 0.1) is 0 Å². The Morgan fingerprint density at radius 2 is 1.58 bits per heavy atom. The van der Waals surface area contributed by atoms with Crippen LogP contribution in [0.15, 0.2) is 54.6 Å². The first kappa shape index (κ1) is 12.8. The molecule has 0 aliphatic heterocycles. The van der Waals surface area contributed by atoms with Gasteiger partial charge in [0.1, 0.15) is 11.5 Å². The molecule has 2 rings (SSSR count). The van der Waals surface area contributed by atoms with E-state index in [2.05, 4.69) is 0 Å². The predicted molar refractivity (Wildman–Crippen MR) is 72.4 cm³/mol. The zero-order valence-electron chi connectivity index (χ0n) is 10.4. The van der Waals surface area contributed by atoms with Gasteiger partial charge in [0, 0.05) is 12.7 Å². The molecule has 4 nitrogen and oxygen atoms in total. The number of amides is 1. The highest BCUT2D eigenvalue weighted by Gasteiger charge is 2.09. The average molecular weight is 255 g/mol. The van der Waals surface area contributed by atoms with Crippen LogP contribution in [0.2, 0.25) is 0 Å². The summed E-state index contributed by atoms with van der Waals surface area (Å²) in [5, 5.41) is 0. The third-order valence-electron chi connectivity index (χ3n) is 2.63. The minimum Gasteiger partial charge on any atom is -0.457 e. The van der Waals surface area contributed by atoms with Crippen molar-refractivity contribution in [3.8, 4) is 11.5 Å². The highest BCUT2D eigenvalue weighted by atomic mass is 16.5. The number of rotatable bonds is 4. The second-order valence-electron chi connectivity index (χ2n) is 3.92. The van der Waals surface area contributed by atoms with Crippen molar-refractivity contribution in [2.45, 2.75) is 0 Å². The topological polar surface area (TPSA) is 46.6 Å². The number of aldehydes is 1. The smallest absolute Gasteiger partial charge is 0.290 e. The van der Waals surface area contributed by atoms with Gasteiger partial charge in [0.25, 0.3) is 5.91 Å². The molecule has 0 saturated carbocycles. The largest absolute Gasteiger partial charge is 0.457 e. The Kier molecular flexibility index (Phi) is 3.93. The third-order valence-corrected chi connectivity index (χ3v) is 2.63. The van der Waals surface area contributed by atoms with Gasteiger partial charge in [-0.3, -0.25) is 9.59 Å². The van der Waals surface area contributed by atoms with Crippen LogP contribution in [0.1, 0.15) is 0 Å². The number of ether oxygens (including phenoxy) is 1. The number of nitrogens with zero attached hydrogens (tertiary/aromatic N) is 1. The van der Waals surface area contributed by atoms with E-state index in [1.165, 1.54) is 4.90 Å². The van der Waals surface area contributed by atoms with E-state index in [1.807, 2.05) is 30.3 Å². The fourth-order valence-corrected chi connectivity index (χ4v) is 1.57. The lowest BCUT2D eigenvalue weighted by Crippen LogP contribution is -2.26. The molecule has 0 unspecified atom stereocenters. The van der Waals surface area contributed by atoms with Crippen molar-refractivity contribution >= 4 is 17.9 Å². The van der Waals surface area contributed by atoms with Crippen molar-refractivity contribution in [2.75, 3.05) is 11.9 Å². The molecule has 2 aromatic carbocycles. The summed E-state index contributed by atoms with van der Waals surface area (Å²) in [6, 6.07) is 16.3. The lowest BCUT2D eigenvalue weighted by Gasteiger charge is -2.14. The normalized spacial score (nSPS) is 9.74. The molecular weight excluding hydrogens is 242 g/mol. The zero-order valence-corrected chi connectivity index (χ0v) is 10.4. The van der Waals surface area contributed by atoms with Crippen molar-refractivity contribution in [1.29, 1.82) is 0 Å². The quantitative estimate of drug-likeness (QED) is 0.623. The van der Waals surface area contributed by atoms with Crippen LogP contribution >= 0.6 is 0 Å². The molecule has 2 aromatic rings. The van der Waals surface area contributed by atoms with Gasteiger partial charge in [-0.05, 0) is 36.4 Å². The fraction of sp³-hybridized carbons (Fsp3) is 0.0667. The molecule has 4 heteroatoms. The average Bonchev–Trinajstić information content (AvgIpc) is 2.47. The molecule has 0 spiro atoms. The van der Waals surface area contributed by atoms with Crippen LogP contribution in [-0.2, 0) is 9.59 Å². The van der Waals surface area contributed by atoms with Crippen LogP contribution in [0, 0.1) is 0 Å². The zero-order chi connectivity index (χ0) is 13.7. The minimum absolute atomic E-state index is 0.286. The Balaban J connectivity index is 2.10. The van der Waals surface area contributed by atoms with Crippen LogP contribution in [0.5, 0.6) is 11.5 Å². The number of anilines is 1. The number of benzene rings is 2. The molecule has 0 aliphatic carbocycles. The summed E-state index contributed by atoms with van der Waals surface area (Å²) in [5.41, 5.74) is 0.637. The molecule has 0 saturated heterocycles. The van der Waals surface area contributed by atoms with E-state index in [9.17, 15) is 9.59 Å². The van der Waals surface area contributed by atoms with E-state index in [1.54, 1.807) is 31.3 Å². The lowest BCUT2D eigenvalue weighted by molar-refractivity contribution is -0.129. The molecule has 0 aromatic heterocycles. The summed E-state index contributed by atoms with van der Waals surface area (Å²) in [4.78, 5) is 22.9. The Labute approximate surface area is 111 Å². The molecule has 0 aliphatic rings. The van der Waals surface area contributed by atoms with Gasteiger partial charge in [0.15, 0.2) is 0 Å². The number of hydrogen-bond donors (Lipinski definition) is 0. The summed E-state index contributed by atoms with van der Waals surface area (Å²) in [5.74, 6) is 0.825. The number of likely N-dealkylation sites (N-methyl/N-ethyl adjacent to an activating group) is 1. The van der Waals surface area contributed by atoms with Crippen LogP contribution in [-0.4, -0.2) is 19.2 Å². The highest BCUT2D eigenvalue weighted by Crippen LogP contribution is 2.23. The van der Waals surface area contributed by atoms with E-state index >= 15 is 0 Å². The maximum atomic E-state index is 11.2. The van der Waals surface area contributed by atoms with E-state index in [4.69, 9.17) is 4.74 Å². The molecular formula is C15H13NO3. The van der Waals surface area contributed by atoms with Crippen molar-refractivity contribution < 1.29 is 14.3 Å². The number of para-hydroxylation sites is 1. The molecule has 0 radical (unpaired) electrons. The first-order chi connectivity index (χ1) is 9.20. The summed E-state index contributed by atoms with van der Waals surface area (Å²) >= 11 is 0. The maximum absolute atomic E-state index is 11.2. The van der Waals surface area contributed by atoms with Gasteiger partial charge >= 0.3 is 0 Å². The Morgan fingerprint density at radius 1 is 1.00 bits per heavy atom. The van der Waals surface area contributed by atoms with Crippen LogP contribution in [0.25, 0.3) is 0 Å². The van der Waals surface area contributed by atoms with Crippen LogP contribution in [0.3, 0.4) is 0 Å². The van der Waals surface area contributed by atoms with Gasteiger partial charge < -0.3 is 9.64 Å². The van der Waals surface area contributed by atoms with E-state index in [-0.39, 0.29) is 6.29 Å². The third kappa shape index (κ3) is 3.19. The molecule has 0 fully saturated rings. The molecule has 1 amide bonds. The monoisotopic (exact) mass is 255 g/mol. The molecule has 96 valence electrons. The SMILES string of the molecule is CN(C(=O)C=O)c1ccc(Oc2ccccc2)cc1. The minimum atomic E-state index is -0.586. The number of hydrogen-bond acceptors (Lipinski definition) is 3. The van der Waals surface area contributed by atoms with Gasteiger partial charge in [0.2, 0.25) is 6.29 Å². The Hall–Kier alpha value is -2.62. The predicted octanol–water partition coefficient (Wildman–Crippen LogP) is 2.64. The molecule has 0 bridgehead atoms. The van der Waals surface area contributed by atoms with Crippen molar-refractivity contribution in [1.82, 2.24) is 0 Å². The fourth-order valence-electron chi connectivity index (χ4n) is 1.57. The highest BCUT2D eigenvalue weighted by molar-refractivity contribution is 6.30. The van der Waals surface area contributed by atoms with E-state index < -0.39 is 5.91 Å². The lowest BCUT2D eigenvalue weighted by atomic mass is 10.2. The van der Waals surface area contributed by atoms with Gasteiger partial charge in [-0.2, -0.15) is 0 Å². The van der Waals surface area contributed by atoms with Crippen molar-refractivity contribution in [2.24, 2.45) is 0 Å². The summed E-state index contributed by atoms with van der Waals surface area (Å²) in [6.45, 7) is 0. The number of carbonyl (C=O) groups excluding carboxylic acids is 2. The number of carbonyl (C=O) groups is 2. The molecule has 19 heavy (non-hydrogen) atoms. The van der Waals surface area contributed by atoms with Gasteiger partial charge in [-0.15, -0.1) is 0 Å². The van der Waals surface area contributed by atoms with Crippen molar-refractivity contribution in [3.63, 3.8) is 0 Å². The van der Waals surface area contributed by atoms with Crippen LogP contribution < -0.4 is 9.64 Å². The van der Waals surface area contributed by atoms with Gasteiger partial charge in [-0.25, -0.2) is 0 Å². The van der Waals surface area contributed by atoms with E-state index in [0.29, 0.717) is 11.4 Å². The Bertz CT molecular complexity index is 564. The second-order valence-corrected chi connectivity index (χ2v) is 3.92. The Morgan fingerprint density at radius 3 is 2.16 bits per heavy atom. The van der Waals surface area contributed by atoms with Crippen LogP contribution in [0.4, 0.5) is 5.69 Å². The summed E-state index contributed by atoms with van der Waals surface area (Å²) < 4.78 is 5.63. The first-order valence-electron chi connectivity index (χ1n) is 5.76. The van der Waals surface area contributed by atoms with Gasteiger partial charge in [-0.1, -0.05) is 18.2 Å². The molecule has 0 heterocycles. The second kappa shape index (κ2) is 5.82. The standard InChI is InChI=1S/C15H13NO3/c1-16(15(18)11-17)12-7-9-14(10-8-12)19-13-5-3-2-4-6-13/h2-11H,1H3. The van der Waals surface area contributed by atoms with Crippen molar-refractivity contribution in [3.05, 3.63) is 54.6 Å². The summed E-state index contributed by atoms with van der Waals surface area (Å²) in [7, 11) is 1.55. The maximum Gasteiger partial charge on any atom is 0.290 e. The van der Waals surface area contributed by atoms with E-state index in [0.717, 1.165) is 5.75 Å². The first-order valence-corrected chi connectivity index (χ1v) is 5.76.